The van der Waals surface area contributed by atoms with Crippen molar-refractivity contribution in [3.8, 4) is 11.5 Å². The average molecular weight is 378 g/mol. The number of carbonyl (C=O) groups is 1. The monoisotopic (exact) mass is 378 g/mol. The second kappa shape index (κ2) is 7.72. The summed E-state index contributed by atoms with van der Waals surface area (Å²) in [5.41, 5.74) is 2.62. The molecule has 1 amide bonds. The van der Waals surface area contributed by atoms with E-state index >= 15 is 0 Å². The highest BCUT2D eigenvalue weighted by Gasteiger charge is 2.22. The zero-order valence-corrected chi connectivity index (χ0v) is 15.7. The molecule has 1 aliphatic rings. The van der Waals surface area contributed by atoms with Gasteiger partial charge >= 0.3 is 0 Å². The van der Waals surface area contributed by atoms with E-state index in [9.17, 15) is 9.59 Å². The lowest BCUT2D eigenvalue weighted by atomic mass is 10.2. The third kappa shape index (κ3) is 3.83. The number of amides is 1. The number of anilines is 1. The molecule has 2 aromatic heterocycles. The van der Waals surface area contributed by atoms with Crippen LogP contribution in [0.1, 0.15) is 5.56 Å². The molecule has 1 aromatic carbocycles. The van der Waals surface area contributed by atoms with Crippen LogP contribution in [0, 0.1) is 6.92 Å². The molecular formula is C21H22N4O3. The Morgan fingerprint density at radius 2 is 1.89 bits per heavy atom. The van der Waals surface area contributed by atoms with Crippen LogP contribution < -0.4 is 10.5 Å². The van der Waals surface area contributed by atoms with Crippen molar-refractivity contribution in [2.24, 2.45) is 0 Å². The summed E-state index contributed by atoms with van der Waals surface area (Å²) >= 11 is 0. The Bertz CT molecular complexity index is 1020. The summed E-state index contributed by atoms with van der Waals surface area (Å²) in [5.74, 6) is 0.461. The fraction of sp³-hybridized carbons (Fsp3) is 0.286. The van der Waals surface area contributed by atoms with E-state index in [1.54, 1.807) is 29.4 Å². The van der Waals surface area contributed by atoms with Gasteiger partial charge < -0.3 is 14.2 Å². The van der Waals surface area contributed by atoms with Gasteiger partial charge in [0, 0.05) is 37.9 Å². The third-order valence-electron chi connectivity index (χ3n) is 4.92. The van der Waals surface area contributed by atoms with Gasteiger partial charge in [-0.05, 0) is 42.8 Å². The number of hydrogen-bond acceptors (Lipinski definition) is 5. The van der Waals surface area contributed by atoms with Gasteiger partial charge in [-0.3, -0.25) is 9.59 Å². The fourth-order valence-corrected chi connectivity index (χ4v) is 3.38. The molecule has 3 aromatic rings. The van der Waals surface area contributed by atoms with E-state index in [1.165, 1.54) is 22.0 Å². The zero-order valence-electron chi connectivity index (χ0n) is 15.7. The second-order valence-electron chi connectivity index (χ2n) is 6.90. The highest BCUT2D eigenvalue weighted by molar-refractivity contribution is 5.76. The summed E-state index contributed by atoms with van der Waals surface area (Å²) in [4.78, 5) is 28.9. The number of carbonyl (C=O) groups excluding carboxylic acids is 1. The van der Waals surface area contributed by atoms with Crippen LogP contribution in [0.2, 0.25) is 0 Å². The molecule has 0 aliphatic carbocycles. The summed E-state index contributed by atoms with van der Waals surface area (Å²) in [7, 11) is 0. The number of piperazine rings is 1. The molecule has 0 spiro atoms. The number of furan rings is 1. The van der Waals surface area contributed by atoms with Crippen molar-refractivity contribution < 1.29 is 9.21 Å². The van der Waals surface area contributed by atoms with E-state index in [4.69, 9.17) is 4.42 Å². The first-order chi connectivity index (χ1) is 13.6. The molecule has 3 heterocycles. The van der Waals surface area contributed by atoms with Gasteiger partial charge in [0.15, 0.2) is 5.76 Å². The Hall–Kier alpha value is -3.35. The lowest BCUT2D eigenvalue weighted by Crippen LogP contribution is -2.50. The topological polar surface area (TPSA) is 71.6 Å². The number of aryl methyl sites for hydroxylation is 1. The molecule has 28 heavy (non-hydrogen) atoms. The smallest absolute Gasteiger partial charge is 0.267 e. The zero-order chi connectivity index (χ0) is 19.5. The maximum absolute atomic E-state index is 12.7. The van der Waals surface area contributed by atoms with Gasteiger partial charge in [-0.15, -0.1) is 0 Å². The van der Waals surface area contributed by atoms with E-state index in [0.717, 1.165) is 13.1 Å². The molecule has 0 atom stereocenters. The third-order valence-corrected chi connectivity index (χ3v) is 4.92. The average Bonchev–Trinajstić information content (AvgIpc) is 3.24. The molecule has 144 valence electrons. The van der Waals surface area contributed by atoms with E-state index in [1.807, 2.05) is 6.07 Å². The highest BCUT2D eigenvalue weighted by Crippen LogP contribution is 2.18. The van der Waals surface area contributed by atoms with Crippen molar-refractivity contribution >= 4 is 11.6 Å². The molecule has 7 nitrogen and oxygen atoms in total. The van der Waals surface area contributed by atoms with E-state index in [2.05, 4.69) is 35.1 Å². The Morgan fingerprint density at radius 1 is 1.07 bits per heavy atom. The van der Waals surface area contributed by atoms with Crippen LogP contribution in [-0.4, -0.2) is 46.8 Å². The molecule has 7 heteroatoms. The molecular weight excluding hydrogens is 356 g/mol. The molecule has 0 saturated carbocycles. The minimum atomic E-state index is -0.304. The summed E-state index contributed by atoms with van der Waals surface area (Å²) < 4.78 is 6.52. The Balaban J connectivity index is 1.41. The normalized spacial score (nSPS) is 14.3. The van der Waals surface area contributed by atoms with Crippen LogP contribution in [0.4, 0.5) is 5.69 Å². The van der Waals surface area contributed by atoms with Crippen molar-refractivity contribution in [3.63, 3.8) is 0 Å². The molecule has 0 unspecified atom stereocenters. The van der Waals surface area contributed by atoms with Crippen molar-refractivity contribution in [1.82, 2.24) is 14.7 Å². The molecule has 1 saturated heterocycles. The minimum Gasteiger partial charge on any atom is -0.463 e. The van der Waals surface area contributed by atoms with Crippen molar-refractivity contribution in [2.45, 2.75) is 13.5 Å². The van der Waals surface area contributed by atoms with Gasteiger partial charge in [-0.25, -0.2) is 4.68 Å². The summed E-state index contributed by atoms with van der Waals surface area (Å²) in [6.45, 7) is 4.79. The maximum Gasteiger partial charge on any atom is 0.267 e. The Kier molecular flexibility index (Phi) is 4.97. The Morgan fingerprint density at radius 3 is 2.61 bits per heavy atom. The quantitative estimate of drug-likeness (QED) is 0.696. The SMILES string of the molecule is Cc1cccc(N2CCN(C(=O)Cn3nc(-c4ccco4)ccc3=O)CC2)c1. The van der Waals surface area contributed by atoms with Crippen LogP contribution in [0.3, 0.4) is 0 Å². The van der Waals surface area contributed by atoms with Gasteiger partial charge in [-0.2, -0.15) is 5.10 Å². The number of aromatic nitrogens is 2. The number of nitrogens with zero attached hydrogens (tertiary/aromatic N) is 4. The van der Waals surface area contributed by atoms with Crippen LogP contribution in [0.25, 0.3) is 11.5 Å². The predicted octanol–water partition coefficient (Wildman–Crippen LogP) is 2.16. The van der Waals surface area contributed by atoms with Crippen molar-refractivity contribution in [1.29, 1.82) is 0 Å². The summed E-state index contributed by atoms with van der Waals surface area (Å²) in [5, 5.41) is 4.27. The number of benzene rings is 1. The summed E-state index contributed by atoms with van der Waals surface area (Å²) in [6.07, 6.45) is 1.55. The van der Waals surface area contributed by atoms with Crippen LogP contribution in [0.5, 0.6) is 0 Å². The van der Waals surface area contributed by atoms with Crippen LogP contribution >= 0.6 is 0 Å². The first-order valence-corrected chi connectivity index (χ1v) is 9.31. The molecule has 0 bridgehead atoms. The van der Waals surface area contributed by atoms with Crippen molar-refractivity contribution in [3.05, 3.63) is 70.7 Å². The molecule has 1 aliphatic heterocycles. The first kappa shape index (κ1) is 18.0. The fourth-order valence-electron chi connectivity index (χ4n) is 3.38. The van der Waals surface area contributed by atoms with Crippen molar-refractivity contribution in [2.75, 3.05) is 31.1 Å². The highest BCUT2D eigenvalue weighted by atomic mass is 16.3. The largest absolute Gasteiger partial charge is 0.463 e. The van der Waals surface area contributed by atoms with E-state index in [0.29, 0.717) is 24.5 Å². The lowest BCUT2D eigenvalue weighted by molar-refractivity contribution is -0.132. The van der Waals surface area contributed by atoms with E-state index < -0.39 is 0 Å². The predicted molar refractivity (Wildman–Crippen MR) is 106 cm³/mol. The van der Waals surface area contributed by atoms with Gasteiger partial charge in [0.05, 0.1) is 6.26 Å². The maximum atomic E-state index is 12.7. The molecule has 0 N–H and O–H groups in total. The van der Waals surface area contributed by atoms with Crippen LogP contribution in [-0.2, 0) is 11.3 Å². The van der Waals surface area contributed by atoms with E-state index in [-0.39, 0.29) is 18.0 Å². The minimum absolute atomic E-state index is 0.0716. The number of rotatable bonds is 4. The van der Waals surface area contributed by atoms with Gasteiger partial charge in [0.1, 0.15) is 12.2 Å². The van der Waals surface area contributed by atoms with Gasteiger partial charge in [-0.1, -0.05) is 12.1 Å². The van der Waals surface area contributed by atoms with Gasteiger partial charge in [0.2, 0.25) is 5.91 Å². The lowest BCUT2D eigenvalue weighted by Gasteiger charge is -2.36. The number of hydrogen-bond donors (Lipinski definition) is 0. The molecule has 1 fully saturated rings. The summed E-state index contributed by atoms with van der Waals surface area (Å²) in [6, 6.07) is 14.9. The second-order valence-corrected chi connectivity index (χ2v) is 6.90. The molecule has 0 radical (unpaired) electrons. The standard InChI is InChI=1S/C21H22N4O3/c1-16-4-2-5-17(14-16)23-9-11-24(12-10-23)21(27)15-25-20(26)8-7-18(22-25)19-6-3-13-28-19/h2-8,13-14H,9-12,15H2,1H3. The van der Waals surface area contributed by atoms with Crippen LogP contribution in [0.15, 0.2) is 64.0 Å². The Labute approximate surface area is 162 Å². The van der Waals surface area contributed by atoms with Gasteiger partial charge in [0.25, 0.3) is 5.56 Å². The first-order valence-electron chi connectivity index (χ1n) is 9.31. The molecule has 4 rings (SSSR count).